The molecular formula is C12H20N2O. The fourth-order valence-electron chi connectivity index (χ4n) is 1.23. The summed E-state index contributed by atoms with van der Waals surface area (Å²) in [7, 11) is 0. The molecule has 84 valence electrons. The summed E-state index contributed by atoms with van der Waals surface area (Å²) in [6, 6.07) is 7.71. The van der Waals surface area contributed by atoms with Gasteiger partial charge in [0, 0.05) is 12.6 Å². The highest BCUT2D eigenvalue weighted by Gasteiger charge is 2.04. The van der Waals surface area contributed by atoms with E-state index >= 15 is 0 Å². The standard InChI is InChI=1S/C12H20N2O/c1-9(2)8-15-11-5-3-4-10(6-11)12(14)7-13/h3-6,9,12H,7-8,13-14H2,1-2H3/t12-/m0/s1. The van der Waals surface area contributed by atoms with Crippen LogP contribution in [0.15, 0.2) is 24.3 Å². The van der Waals surface area contributed by atoms with Crippen LogP contribution in [0.25, 0.3) is 0 Å². The van der Waals surface area contributed by atoms with Gasteiger partial charge < -0.3 is 16.2 Å². The predicted octanol–water partition coefficient (Wildman–Crippen LogP) is 1.68. The van der Waals surface area contributed by atoms with Crippen LogP contribution in [0, 0.1) is 5.92 Å². The average Bonchev–Trinajstić information content (AvgIpc) is 2.25. The first-order valence-corrected chi connectivity index (χ1v) is 5.32. The molecule has 0 fully saturated rings. The SMILES string of the molecule is CC(C)COc1cccc([C@@H](N)CN)c1. The lowest BCUT2D eigenvalue weighted by Gasteiger charge is -2.12. The van der Waals surface area contributed by atoms with E-state index in [1.165, 1.54) is 0 Å². The van der Waals surface area contributed by atoms with Crippen LogP contribution in [0.3, 0.4) is 0 Å². The van der Waals surface area contributed by atoms with Crippen LogP contribution in [0.4, 0.5) is 0 Å². The van der Waals surface area contributed by atoms with Crippen molar-refractivity contribution in [2.75, 3.05) is 13.2 Å². The smallest absolute Gasteiger partial charge is 0.119 e. The van der Waals surface area contributed by atoms with E-state index in [9.17, 15) is 0 Å². The van der Waals surface area contributed by atoms with Crippen molar-refractivity contribution in [3.8, 4) is 5.75 Å². The molecule has 0 aliphatic rings. The normalized spacial score (nSPS) is 12.9. The summed E-state index contributed by atoms with van der Waals surface area (Å²) in [5.41, 5.74) is 12.4. The molecule has 1 aromatic rings. The monoisotopic (exact) mass is 208 g/mol. The van der Waals surface area contributed by atoms with Crippen LogP contribution in [-0.4, -0.2) is 13.2 Å². The summed E-state index contributed by atoms with van der Waals surface area (Å²) in [5.74, 6) is 1.39. The zero-order valence-corrected chi connectivity index (χ0v) is 9.44. The van der Waals surface area contributed by atoms with Gasteiger partial charge in [0.2, 0.25) is 0 Å². The maximum atomic E-state index is 5.84. The molecular weight excluding hydrogens is 188 g/mol. The Morgan fingerprint density at radius 1 is 1.33 bits per heavy atom. The summed E-state index contributed by atoms with van der Waals surface area (Å²) in [6.45, 7) is 5.42. The first-order valence-electron chi connectivity index (χ1n) is 5.32. The zero-order chi connectivity index (χ0) is 11.3. The van der Waals surface area contributed by atoms with E-state index in [4.69, 9.17) is 16.2 Å². The van der Waals surface area contributed by atoms with E-state index in [0.29, 0.717) is 12.5 Å². The van der Waals surface area contributed by atoms with Gasteiger partial charge in [0.15, 0.2) is 0 Å². The number of rotatable bonds is 5. The van der Waals surface area contributed by atoms with Gasteiger partial charge in [0.1, 0.15) is 5.75 Å². The van der Waals surface area contributed by atoms with E-state index in [2.05, 4.69) is 13.8 Å². The quantitative estimate of drug-likeness (QED) is 0.774. The van der Waals surface area contributed by atoms with Gasteiger partial charge in [-0.15, -0.1) is 0 Å². The summed E-state index contributed by atoms with van der Waals surface area (Å²) in [4.78, 5) is 0. The van der Waals surface area contributed by atoms with Gasteiger partial charge >= 0.3 is 0 Å². The van der Waals surface area contributed by atoms with Gasteiger partial charge in [-0.1, -0.05) is 26.0 Å². The van der Waals surface area contributed by atoms with Gasteiger partial charge in [-0.25, -0.2) is 0 Å². The number of ether oxygens (including phenoxy) is 1. The molecule has 0 saturated heterocycles. The van der Waals surface area contributed by atoms with Gasteiger partial charge in [-0.3, -0.25) is 0 Å². The number of hydrogen-bond acceptors (Lipinski definition) is 3. The molecule has 0 saturated carbocycles. The maximum Gasteiger partial charge on any atom is 0.119 e. The minimum absolute atomic E-state index is 0.104. The predicted molar refractivity (Wildman–Crippen MR) is 62.8 cm³/mol. The lowest BCUT2D eigenvalue weighted by Crippen LogP contribution is -2.20. The Hall–Kier alpha value is -1.06. The highest BCUT2D eigenvalue weighted by atomic mass is 16.5. The van der Waals surface area contributed by atoms with Crippen molar-refractivity contribution in [2.45, 2.75) is 19.9 Å². The minimum atomic E-state index is -0.104. The summed E-state index contributed by atoms with van der Waals surface area (Å²) in [6.07, 6.45) is 0. The van der Waals surface area contributed by atoms with Crippen molar-refractivity contribution in [2.24, 2.45) is 17.4 Å². The highest BCUT2D eigenvalue weighted by Crippen LogP contribution is 2.17. The summed E-state index contributed by atoms with van der Waals surface area (Å²) >= 11 is 0. The van der Waals surface area contributed by atoms with Crippen molar-refractivity contribution in [1.82, 2.24) is 0 Å². The fraction of sp³-hybridized carbons (Fsp3) is 0.500. The molecule has 0 bridgehead atoms. The molecule has 0 unspecified atom stereocenters. The molecule has 1 rings (SSSR count). The molecule has 0 heterocycles. The van der Waals surface area contributed by atoms with E-state index in [-0.39, 0.29) is 6.04 Å². The van der Waals surface area contributed by atoms with Crippen LogP contribution >= 0.6 is 0 Å². The topological polar surface area (TPSA) is 61.3 Å². The van der Waals surface area contributed by atoms with Gasteiger partial charge in [-0.05, 0) is 23.6 Å². The Balaban J connectivity index is 2.65. The minimum Gasteiger partial charge on any atom is -0.493 e. The molecule has 0 spiro atoms. The molecule has 3 nitrogen and oxygen atoms in total. The third-order valence-corrected chi connectivity index (χ3v) is 2.12. The van der Waals surface area contributed by atoms with Gasteiger partial charge in [0.05, 0.1) is 6.61 Å². The van der Waals surface area contributed by atoms with Gasteiger partial charge in [0.25, 0.3) is 0 Å². The van der Waals surface area contributed by atoms with E-state index in [0.717, 1.165) is 17.9 Å². The zero-order valence-electron chi connectivity index (χ0n) is 9.44. The molecule has 0 radical (unpaired) electrons. The Bertz CT molecular complexity index is 299. The number of benzene rings is 1. The second kappa shape index (κ2) is 5.73. The van der Waals surface area contributed by atoms with Crippen molar-refractivity contribution in [3.05, 3.63) is 29.8 Å². The average molecular weight is 208 g/mol. The first-order chi connectivity index (χ1) is 7.13. The lowest BCUT2D eigenvalue weighted by atomic mass is 10.1. The molecule has 4 N–H and O–H groups in total. The first kappa shape index (κ1) is 12.0. The van der Waals surface area contributed by atoms with Crippen LogP contribution in [0.1, 0.15) is 25.5 Å². The second-order valence-electron chi connectivity index (χ2n) is 4.12. The number of hydrogen-bond donors (Lipinski definition) is 2. The van der Waals surface area contributed by atoms with E-state index in [1.807, 2.05) is 24.3 Å². The second-order valence-corrected chi connectivity index (χ2v) is 4.12. The van der Waals surface area contributed by atoms with E-state index in [1.54, 1.807) is 0 Å². The van der Waals surface area contributed by atoms with Crippen molar-refractivity contribution >= 4 is 0 Å². The van der Waals surface area contributed by atoms with Crippen LogP contribution < -0.4 is 16.2 Å². The Kier molecular flexibility index (Phi) is 4.59. The van der Waals surface area contributed by atoms with Crippen molar-refractivity contribution < 1.29 is 4.74 Å². The molecule has 0 aliphatic carbocycles. The molecule has 1 atom stereocenters. The highest BCUT2D eigenvalue weighted by molar-refractivity contribution is 5.30. The maximum absolute atomic E-state index is 5.84. The largest absolute Gasteiger partial charge is 0.493 e. The number of nitrogens with two attached hydrogens (primary N) is 2. The van der Waals surface area contributed by atoms with E-state index < -0.39 is 0 Å². The summed E-state index contributed by atoms with van der Waals surface area (Å²) < 4.78 is 5.61. The molecule has 0 aromatic heterocycles. The molecule has 15 heavy (non-hydrogen) atoms. The third kappa shape index (κ3) is 3.90. The lowest BCUT2D eigenvalue weighted by molar-refractivity contribution is 0.270. The van der Waals surface area contributed by atoms with Crippen LogP contribution in [-0.2, 0) is 0 Å². The van der Waals surface area contributed by atoms with Gasteiger partial charge in [-0.2, -0.15) is 0 Å². The van der Waals surface area contributed by atoms with Crippen LogP contribution in [0.2, 0.25) is 0 Å². The molecule has 0 aliphatic heterocycles. The van der Waals surface area contributed by atoms with Crippen molar-refractivity contribution in [3.63, 3.8) is 0 Å². The Morgan fingerprint density at radius 3 is 2.67 bits per heavy atom. The van der Waals surface area contributed by atoms with Crippen molar-refractivity contribution in [1.29, 1.82) is 0 Å². The molecule has 0 amide bonds. The molecule has 3 heteroatoms. The Labute approximate surface area is 91.4 Å². The Morgan fingerprint density at radius 2 is 2.07 bits per heavy atom. The summed E-state index contributed by atoms with van der Waals surface area (Å²) in [5, 5.41) is 0. The fourth-order valence-corrected chi connectivity index (χ4v) is 1.23. The van der Waals surface area contributed by atoms with Crippen LogP contribution in [0.5, 0.6) is 5.75 Å². The molecule has 1 aromatic carbocycles. The third-order valence-electron chi connectivity index (χ3n) is 2.12.